The van der Waals surface area contributed by atoms with Crippen LogP contribution in [0.5, 0.6) is 17.2 Å². The van der Waals surface area contributed by atoms with E-state index in [9.17, 15) is 4.79 Å². The first kappa shape index (κ1) is 18.6. The van der Waals surface area contributed by atoms with Crippen molar-refractivity contribution < 1.29 is 19.0 Å². The summed E-state index contributed by atoms with van der Waals surface area (Å²) in [5.41, 5.74) is 4.23. The lowest BCUT2D eigenvalue weighted by Gasteiger charge is -2.32. The SMILES string of the molecule is COc1ccc(/C=N\NC(=O)[C@H]2Oc3ccccc3O[C@H]2c2ccccc2)cc1. The molecule has 29 heavy (non-hydrogen) atoms. The van der Waals surface area contributed by atoms with Crippen molar-refractivity contribution in [1.82, 2.24) is 5.43 Å². The molecule has 0 bridgehead atoms. The van der Waals surface area contributed by atoms with Gasteiger partial charge in [-0.2, -0.15) is 5.10 Å². The molecule has 1 amide bonds. The highest BCUT2D eigenvalue weighted by Crippen LogP contribution is 2.39. The third kappa shape index (κ3) is 4.21. The average molecular weight is 388 g/mol. The number of benzene rings is 3. The highest BCUT2D eigenvalue weighted by molar-refractivity contribution is 5.85. The fourth-order valence-electron chi connectivity index (χ4n) is 3.04. The van der Waals surface area contributed by atoms with Crippen LogP contribution in [0.15, 0.2) is 84.0 Å². The van der Waals surface area contributed by atoms with E-state index in [0.717, 1.165) is 16.9 Å². The second kappa shape index (κ2) is 8.48. The first-order valence-electron chi connectivity index (χ1n) is 9.19. The minimum Gasteiger partial charge on any atom is -0.497 e. The number of hydrazone groups is 1. The molecule has 0 spiro atoms. The van der Waals surface area contributed by atoms with Crippen molar-refractivity contribution in [3.8, 4) is 17.2 Å². The molecule has 0 radical (unpaired) electrons. The molecule has 3 aromatic carbocycles. The molecule has 6 heteroatoms. The molecule has 2 atom stereocenters. The maximum Gasteiger partial charge on any atom is 0.285 e. The van der Waals surface area contributed by atoms with Crippen LogP contribution < -0.4 is 19.6 Å². The number of hydrogen-bond donors (Lipinski definition) is 1. The number of carbonyl (C=O) groups is 1. The van der Waals surface area contributed by atoms with E-state index in [1.165, 1.54) is 0 Å². The highest BCUT2D eigenvalue weighted by atomic mass is 16.6. The van der Waals surface area contributed by atoms with Gasteiger partial charge in [-0.1, -0.05) is 42.5 Å². The van der Waals surface area contributed by atoms with Crippen LogP contribution in [0.1, 0.15) is 17.2 Å². The summed E-state index contributed by atoms with van der Waals surface area (Å²) >= 11 is 0. The minimum atomic E-state index is -0.875. The van der Waals surface area contributed by atoms with Crippen molar-refractivity contribution in [3.63, 3.8) is 0 Å². The van der Waals surface area contributed by atoms with Crippen molar-refractivity contribution >= 4 is 12.1 Å². The first-order chi connectivity index (χ1) is 14.2. The number of nitrogens with zero attached hydrogens (tertiary/aromatic N) is 1. The Hall–Kier alpha value is -3.80. The topological polar surface area (TPSA) is 69.2 Å². The zero-order valence-electron chi connectivity index (χ0n) is 15.8. The number of amides is 1. The van der Waals surface area contributed by atoms with Gasteiger partial charge < -0.3 is 14.2 Å². The van der Waals surface area contributed by atoms with E-state index < -0.39 is 18.1 Å². The monoisotopic (exact) mass is 388 g/mol. The van der Waals surface area contributed by atoms with Crippen LogP contribution in [-0.4, -0.2) is 25.3 Å². The van der Waals surface area contributed by atoms with Gasteiger partial charge in [0, 0.05) is 0 Å². The number of nitrogens with one attached hydrogen (secondary N) is 1. The van der Waals surface area contributed by atoms with Gasteiger partial charge in [0.15, 0.2) is 17.6 Å². The third-order valence-electron chi connectivity index (χ3n) is 4.52. The Balaban J connectivity index is 1.52. The molecule has 0 aromatic heterocycles. The Labute approximate surface area is 168 Å². The average Bonchev–Trinajstić information content (AvgIpc) is 2.79. The summed E-state index contributed by atoms with van der Waals surface area (Å²) in [7, 11) is 1.61. The van der Waals surface area contributed by atoms with Crippen LogP contribution in [0.4, 0.5) is 0 Å². The second-order valence-electron chi connectivity index (χ2n) is 6.44. The zero-order valence-corrected chi connectivity index (χ0v) is 15.8. The molecule has 3 aromatic rings. The van der Waals surface area contributed by atoms with Crippen molar-refractivity contribution in [2.24, 2.45) is 5.10 Å². The molecule has 1 N–H and O–H groups in total. The Morgan fingerprint density at radius 1 is 0.931 bits per heavy atom. The van der Waals surface area contributed by atoms with Crippen LogP contribution in [0, 0.1) is 0 Å². The Kier molecular flexibility index (Phi) is 5.42. The molecule has 0 unspecified atom stereocenters. The van der Waals surface area contributed by atoms with E-state index in [-0.39, 0.29) is 0 Å². The number of para-hydroxylation sites is 2. The largest absolute Gasteiger partial charge is 0.497 e. The van der Waals surface area contributed by atoms with E-state index in [2.05, 4.69) is 10.5 Å². The molecule has 1 aliphatic rings. The molecule has 6 nitrogen and oxygen atoms in total. The number of hydrogen-bond acceptors (Lipinski definition) is 5. The van der Waals surface area contributed by atoms with Gasteiger partial charge in [0.1, 0.15) is 5.75 Å². The standard InChI is InChI=1S/C23H20N2O4/c1-27-18-13-11-16(12-14-18)15-24-25-23(26)22-21(17-7-3-2-4-8-17)28-19-9-5-6-10-20(19)29-22/h2-15,21-22H,1H3,(H,25,26)/b24-15-/t21-,22-/m0/s1. The van der Waals surface area contributed by atoms with E-state index in [1.807, 2.05) is 72.8 Å². The maximum absolute atomic E-state index is 12.8. The Bertz CT molecular complexity index is 1000. The molecule has 0 saturated heterocycles. The Morgan fingerprint density at radius 2 is 1.59 bits per heavy atom. The summed E-state index contributed by atoms with van der Waals surface area (Å²) in [5, 5.41) is 4.06. The van der Waals surface area contributed by atoms with E-state index >= 15 is 0 Å². The lowest BCUT2D eigenvalue weighted by molar-refractivity contribution is -0.134. The van der Waals surface area contributed by atoms with Crippen LogP contribution in [0.25, 0.3) is 0 Å². The normalized spacial score (nSPS) is 17.7. The number of ether oxygens (including phenoxy) is 3. The van der Waals surface area contributed by atoms with Crippen molar-refractivity contribution in [1.29, 1.82) is 0 Å². The molecule has 1 heterocycles. The molecular formula is C23H20N2O4. The van der Waals surface area contributed by atoms with Crippen LogP contribution in [0.3, 0.4) is 0 Å². The summed E-state index contributed by atoms with van der Waals surface area (Å²) in [6.45, 7) is 0. The van der Waals surface area contributed by atoms with E-state index in [1.54, 1.807) is 19.4 Å². The van der Waals surface area contributed by atoms with E-state index in [0.29, 0.717) is 11.5 Å². The second-order valence-corrected chi connectivity index (χ2v) is 6.44. The van der Waals surface area contributed by atoms with Crippen LogP contribution in [-0.2, 0) is 4.79 Å². The molecular weight excluding hydrogens is 368 g/mol. The van der Waals surface area contributed by atoms with Gasteiger partial charge in [-0.3, -0.25) is 4.79 Å². The van der Waals surface area contributed by atoms with Crippen molar-refractivity contribution in [2.75, 3.05) is 7.11 Å². The third-order valence-corrected chi connectivity index (χ3v) is 4.52. The zero-order chi connectivity index (χ0) is 20.1. The van der Waals surface area contributed by atoms with Gasteiger partial charge >= 0.3 is 0 Å². The predicted octanol–water partition coefficient (Wildman–Crippen LogP) is 3.73. The summed E-state index contributed by atoms with van der Waals surface area (Å²) in [6.07, 6.45) is 0.106. The smallest absolute Gasteiger partial charge is 0.285 e. The van der Waals surface area contributed by atoms with Gasteiger partial charge in [-0.25, -0.2) is 5.43 Å². The number of methoxy groups -OCH3 is 1. The molecule has 0 saturated carbocycles. The molecule has 4 rings (SSSR count). The fourth-order valence-corrected chi connectivity index (χ4v) is 3.04. The van der Waals surface area contributed by atoms with Crippen LogP contribution in [0.2, 0.25) is 0 Å². The Morgan fingerprint density at radius 3 is 2.28 bits per heavy atom. The summed E-state index contributed by atoms with van der Waals surface area (Å²) in [6, 6.07) is 24.2. The van der Waals surface area contributed by atoms with Crippen molar-refractivity contribution in [3.05, 3.63) is 90.0 Å². The highest BCUT2D eigenvalue weighted by Gasteiger charge is 2.38. The number of fused-ring (bicyclic) bond motifs is 1. The maximum atomic E-state index is 12.8. The van der Waals surface area contributed by atoms with Crippen molar-refractivity contribution in [2.45, 2.75) is 12.2 Å². The van der Waals surface area contributed by atoms with Gasteiger partial charge in [0.25, 0.3) is 5.91 Å². The summed E-state index contributed by atoms with van der Waals surface area (Å²) in [4.78, 5) is 12.8. The first-order valence-corrected chi connectivity index (χ1v) is 9.19. The van der Waals surface area contributed by atoms with Gasteiger partial charge in [0.05, 0.1) is 13.3 Å². The minimum absolute atomic E-state index is 0.391. The summed E-state index contributed by atoms with van der Waals surface area (Å²) in [5.74, 6) is 1.49. The summed E-state index contributed by atoms with van der Waals surface area (Å²) < 4.78 is 17.2. The number of carbonyl (C=O) groups excluding carboxylic acids is 1. The van der Waals surface area contributed by atoms with Gasteiger partial charge in [0.2, 0.25) is 6.10 Å². The molecule has 0 fully saturated rings. The molecule has 1 aliphatic heterocycles. The van der Waals surface area contributed by atoms with Crippen LogP contribution >= 0.6 is 0 Å². The molecule has 146 valence electrons. The van der Waals surface area contributed by atoms with Gasteiger partial charge in [-0.05, 0) is 47.5 Å². The predicted molar refractivity (Wildman–Crippen MR) is 109 cm³/mol. The quantitative estimate of drug-likeness (QED) is 0.534. The molecule has 0 aliphatic carbocycles. The lowest BCUT2D eigenvalue weighted by Crippen LogP contribution is -2.44. The van der Waals surface area contributed by atoms with Gasteiger partial charge in [-0.15, -0.1) is 0 Å². The van der Waals surface area contributed by atoms with E-state index in [4.69, 9.17) is 14.2 Å². The lowest BCUT2D eigenvalue weighted by atomic mass is 10.0. The number of rotatable bonds is 5. The fraction of sp³-hybridized carbons (Fsp3) is 0.130.